The van der Waals surface area contributed by atoms with Crippen LogP contribution in [-0.4, -0.2) is 58.2 Å². The minimum atomic E-state index is -0.557. The standard InChI is InChI=1S/C25H33ClN6O2/c1-5-32(6-2)14-8-9-17(4)28-20-15-22(31-25(33)34-7-3)30-24-23(20)29-21(16-27-24)18-10-12-19(26)13-11-18/h10-13,15-17H,5-9,14H2,1-4H3,(H2,27,28,30,31,33). The van der Waals surface area contributed by atoms with Gasteiger partial charge in [-0.1, -0.05) is 37.6 Å². The van der Waals surface area contributed by atoms with Crippen LogP contribution in [0.4, 0.5) is 16.3 Å². The van der Waals surface area contributed by atoms with E-state index in [1.54, 1.807) is 19.2 Å². The van der Waals surface area contributed by atoms with Crippen LogP contribution in [0.3, 0.4) is 0 Å². The molecule has 2 N–H and O–H groups in total. The molecule has 0 bridgehead atoms. The molecule has 1 amide bonds. The molecule has 182 valence electrons. The number of hydrogen-bond acceptors (Lipinski definition) is 7. The van der Waals surface area contributed by atoms with Crippen LogP contribution in [0, 0.1) is 0 Å². The van der Waals surface area contributed by atoms with E-state index in [4.69, 9.17) is 21.3 Å². The van der Waals surface area contributed by atoms with E-state index in [0.717, 1.165) is 43.7 Å². The van der Waals surface area contributed by atoms with Gasteiger partial charge in [-0.25, -0.2) is 19.7 Å². The third kappa shape index (κ3) is 7.01. The van der Waals surface area contributed by atoms with Gasteiger partial charge in [0.15, 0.2) is 5.65 Å². The number of pyridine rings is 1. The van der Waals surface area contributed by atoms with E-state index in [1.807, 2.05) is 24.3 Å². The van der Waals surface area contributed by atoms with Crippen LogP contribution in [-0.2, 0) is 4.74 Å². The zero-order chi connectivity index (χ0) is 24.5. The molecule has 34 heavy (non-hydrogen) atoms. The highest BCUT2D eigenvalue weighted by atomic mass is 35.5. The molecule has 0 aliphatic rings. The Kier molecular flexibility index (Phi) is 9.42. The van der Waals surface area contributed by atoms with Crippen LogP contribution in [0.1, 0.15) is 40.5 Å². The second-order valence-corrected chi connectivity index (χ2v) is 8.49. The van der Waals surface area contributed by atoms with Crippen molar-refractivity contribution in [1.29, 1.82) is 0 Å². The van der Waals surface area contributed by atoms with Crippen molar-refractivity contribution in [3.05, 3.63) is 41.6 Å². The van der Waals surface area contributed by atoms with Gasteiger partial charge in [0.05, 0.1) is 24.2 Å². The molecule has 1 aromatic carbocycles. The molecular formula is C25H33ClN6O2. The van der Waals surface area contributed by atoms with E-state index in [-0.39, 0.29) is 12.6 Å². The van der Waals surface area contributed by atoms with Gasteiger partial charge in [-0.3, -0.25) is 5.32 Å². The molecule has 9 heteroatoms. The summed E-state index contributed by atoms with van der Waals surface area (Å²) in [6, 6.07) is 9.43. The average Bonchev–Trinajstić information content (AvgIpc) is 2.82. The number of benzene rings is 1. The van der Waals surface area contributed by atoms with E-state index in [0.29, 0.717) is 27.7 Å². The molecule has 0 spiro atoms. The van der Waals surface area contributed by atoms with E-state index in [9.17, 15) is 4.79 Å². The Morgan fingerprint density at radius 1 is 1.15 bits per heavy atom. The first kappa shape index (κ1) is 25.6. The number of nitrogens with one attached hydrogen (secondary N) is 2. The van der Waals surface area contributed by atoms with Gasteiger partial charge in [0.1, 0.15) is 11.3 Å². The van der Waals surface area contributed by atoms with Crippen molar-refractivity contribution in [3.63, 3.8) is 0 Å². The fourth-order valence-corrected chi connectivity index (χ4v) is 3.83. The Labute approximate surface area is 206 Å². The normalized spacial score (nSPS) is 12.1. The average molecular weight is 485 g/mol. The number of nitrogens with zero attached hydrogens (tertiary/aromatic N) is 4. The number of ether oxygens (including phenoxy) is 1. The summed E-state index contributed by atoms with van der Waals surface area (Å²) in [5, 5.41) is 6.89. The number of halogens is 1. The van der Waals surface area contributed by atoms with Crippen LogP contribution < -0.4 is 10.6 Å². The molecule has 2 aromatic heterocycles. The monoisotopic (exact) mass is 484 g/mol. The molecule has 0 aliphatic heterocycles. The molecule has 8 nitrogen and oxygen atoms in total. The highest BCUT2D eigenvalue weighted by molar-refractivity contribution is 6.30. The molecule has 0 radical (unpaired) electrons. The number of anilines is 2. The van der Waals surface area contributed by atoms with Crippen molar-refractivity contribution < 1.29 is 9.53 Å². The Bertz CT molecular complexity index is 1090. The van der Waals surface area contributed by atoms with Gasteiger partial charge in [0, 0.05) is 22.7 Å². The first-order valence-corrected chi connectivity index (χ1v) is 12.2. The zero-order valence-electron chi connectivity index (χ0n) is 20.3. The van der Waals surface area contributed by atoms with Crippen molar-refractivity contribution >= 4 is 40.4 Å². The zero-order valence-corrected chi connectivity index (χ0v) is 21.0. The predicted molar refractivity (Wildman–Crippen MR) is 139 cm³/mol. The highest BCUT2D eigenvalue weighted by Gasteiger charge is 2.15. The van der Waals surface area contributed by atoms with E-state index in [2.05, 4.69) is 46.3 Å². The summed E-state index contributed by atoms with van der Waals surface area (Å²) >= 11 is 6.03. The fraction of sp³-hybridized carbons (Fsp3) is 0.440. The summed E-state index contributed by atoms with van der Waals surface area (Å²) in [4.78, 5) is 28.2. The number of amides is 1. The lowest BCUT2D eigenvalue weighted by Gasteiger charge is -2.21. The van der Waals surface area contributed by atoms with Crippen molar-refractivity contribution in [3.8, 4) is 11.3 Å². The molecule has 1 unspecified atom stereocenters. The van der Waals surface area contributed by atoms with E-state index in [1.165, 1.54) is 0 Å². The number of hydrogen-bond donors (Lipinski definition) is 2. The minimum absolute atomic E-state index is 0.192. The Morgan fingerprint density at radius 2 is 1.88 bits per heavy atom. The first-order valence-electron chi connectivity index (χ1n) is 11.8. The van der Waals surface area contributed by atoms with Crippen LogP contribution in [0.5, 0.6) is 0 Å². The van der Waals surface area contributed by atoms with Gasteiger partial charge >= 0.3 is 6.09 Å². The second kappa shape index (κ2) is 12.5. The maximum atomic E-state index is 12.0. The summed E-state index contributed by atoms with van der Waals surface area (Å²) < 4.78 is 5.00. The maximum absolute atomic E-state index is 12.0. The van der Waals surface area contributed by atoms with Gasteiger partial charge in [0.25, 0.3) is 0 Å². The summed E-state index contributed by atoms with van der Waals surface area (Å²) in [6.07, 6.45) is 3.18. The highest BCUT2D eigenvalue weighted by Crippen LogP contribution is 2.27. The Balaban J connectivity index is 1.89. The quantitative estimate of drug-likeness (QED) is 0.353. The van der Waals surface area contributed by atoms with Gasteiger partial charge in [-0.05, 0) is 58.5 Å². The molecule has 0 saturated carbocycles. The number of carbonyl (C=O) groups excluding carboxylic acids is 1. The van der Waals surface area contributed by atoms with E-state index >= 15 is 0 Å². The number of aromatic nitrogens is 3. The second-order valence-electron chi connectivity index (χ2n) is 8.05. The van der Waals surface area contributed by atoms with Gasteiger partial charge in [-0.15, -0.1) is 0 Å². The molecule has 3 aromatic rings. The smallest absolute Gasteiger partial charge is 0.412 e. The lowest BCUT2D eigenvalue weighted by molar-refractivity contribution is 0.168. The maximum Gasteiger partial charge on any atom is 0.412 e. The van der Waals surface area contributed by atoms with E-state index < -0.39 is 6.09 Å². The third-order valence-electron chi connectivity index (χ3n) is 5.57. The largest absolute Gasteiger partial charge is 0.450 e. The van der Waals surface area contributed by atoms with Crippen LogP contribution in [0.15, 0.2) is 36.5 Å². The summed E-state index contributed by atoms with van der Waals surface area (Å²) in [5.74, 6) is 0.359. The molecule has 1 atom stereocenters. The molecular weight excluding hydrogens is 452 g/mol. The number of carbonyl (C=O) groups is 1. The Hall–Kier alpha value is -2.97. The first-order chi connectivity index (χ1) is 16.4. The molecule has 3 rings (SSSR count). The van der Waals surface area contributed by atoms with Crippen molar-refractivity contribution in [1.82, 2.24) is 19.9 Å². The van der Waals surface area contributed by atoms with Crippen LogP contribution in [0.2, 0.25) is 5.02 Å². The van der Waals surface area contributed by atoms with Crippen molar-refractivity contribution in [2.45, 2.75) is 46.6 Å². The van der Waals surface area contributed by atoms with Crippen LogP contribution in [0.25, 0.3) is 22.4 Å². The predicted octanol–water partition coefficient (Wildman–Crippen LogP) is 5.84. The summed E-state index contributed by atoms with van der Waals surface area (Å²) in [6.45, 7) is 11.7. The summed E-state index contributed by atoms with van der Waals surface area (Å²) in [7, 11) is 0. The van der Waals surface area contributed by atoms with Crippen molar-refractivity contribution in [2.75, 3.05) is 36.9 Å². The van der Waals surface area contributed by atoms with Crippen molar-refractivity contribution in [2.24, 2.45) is 0 Å². The molecule has 0 aliphatic carbocycles. The Morgan fingerprint density at radius 3 is 2.56 bits per heavy atom. The minimum Gasteiger partial charge on any atom is -0.450 e. The van der Waals surface area contributed by atoms with Gasteiger partial charge in [0.2, 0.25) is 0 Å². The molecule has 2 heterocycles. The number of fused-ring (bicyclic) bond motifs is 1. The van der Waals surface area contributed by atoms with Gasteiger partial charge in [-0.2, -0.15) is 0 Å². The topological polar surface area (TPSA) is 92.3 Å². The van der Waals surface area contributed by atoms with Crippen LogP contribution >= 0.6 is 11.6 Å². The molecule has 0 fully saturated rings. The lowest BCUT2D eigenvalue weighted by atomic mass is 10.1. The molecule has 0 saturated heterocycles. The lowest BCUT2D eigenvalue weighted by Crippen LogP contribution is -2.25. The number of rotatable bonds is 11. The van der Waals surface area contributed by atoms with Gasteiger partial charge < -0.3 is 15.0 Å². The fourth-order valence-electron chi connectivity index (χ4n) is 3.70. The summed E-state index contributed by atoms with van der Waals surface area (Å²) in [5.41, 5.74) is 3.46. The third-order valence-corrected chi connectivity index (χ3v) is 5.82. The SMILES string of the molecule is CCOC(=O)Nc1cc(NC(C)CCCN(CC)CC)c2nc(-c3ccc(Cl)cc3)cnc2n1.